The molecule has 0 saturated carbocycles. The van der Waals surface area contributed by atoms with Crippen LogP contribution in [0.15, 0.2) is 30.3 Å². The van der Waals surface area contributed by atoms with Gasteiger partial charge in [-0.3, -0.25) is 4.79 Å². The van der Waals surface area contributed by atoms with Gasteiger partial charge in [-0.25, -0.2) is 4.79 Å². The second-order valence-corrected chi connectivity index (χ2v) is 6.23. The van der Waals surface area contributed by atoms with E-state index in [1.807, 2.05) is 6.07 Å². The van der Waals surface area contributed by atoms with E-state index < -0.39 is 5.97 Å². The number of thiophene rings is 1. The Kier molecular flexibility index (Phi) is 3.75. The number of amides is 1. The fourth-order valence-corrected chi connectivity index (χ4v) is 3.65. The molecule has 2 N–H and O–H groups in total. The van der Waals surface area contributed by atoms with Crippen molar-refractivity contribution in [2.24, 2.45) is 0 Å². The molecule has 0 radical (unpaired) electrons. The summed E-state index contributed by atoms with van der Waals surface area (Å²) in [5.41, 5.74) is 2.45. The average Bonchev–Trinajstić information content (AvgIpc) is 3.06. The van der Waals surface area contributed by atoms with Crippen LogP contribution in [0.3, 0.4) is 0 Å². The van der Waals surface area contributed by atoms with Crippen molar-refractivity contribution in [3.63, 3.8) is 0 Å². The van der Waals surface area contributed by atoms with Crippen LogP contribution in [0.1, 0.15) is 42.5 Å². The number of benzene rings is 1. The van der Waals surface area contributed by atoms with Gasteiger partial charge < -0.3 is 10.4 Å². The van der Waals surface area contributed by atoms with Crippen molar-refractivity contribution in [1.82, 2.24) is 5.32 Å². The lowest BCUT2D eigenvalue weighted by Crippen LogP contribution is -2.21. The molecule has 1 aromatic carbocycles. The van der Waals surface area contributed by atoms with Gasteiger partial charge in [0.2, 0.25) is 0 Å². The number of nitrogens with one attached hydrogen (secondary N) is 1. The third-order valence-electron chi connectivity index (χ3n) is 3.62. The first-order chi connectivity index (χ1) is 10.1. The van der Waals surface area contributed by atoms with Crippen molar-refractivity contribution in [2.75, 3.05) is 0 Å². The SMILES string of the molecule is O=C(O)c1ccc(CNC(=O)c2cc3c(s2)CCC3)cc1. The van der Waals surface area contributed by atoms with Gasteiger partial charge >= 0.3 is 5.97 Å². The van der Waals surface area contributed by atoms with Crippen LogP contribution in [-0.2, 0) is 19.4 Å². The zero-order valence-electron chi connectivity index (χ0n) is 11.4. The summed E-state index contributed by atoms with van der Waals surface area (Å²) in [4.78, 5) is 25.0. The fraction of sp³-hybridized carbons (Fsp3) is 0.250. The van der Waals surface area contributed by atoms with Gasteiger partial charge in [-0.1, -0.05) is 12.1 Å². The van der Waals surface area contributed by atoms with Crippen LogP contribution >= 0.6 is 11.3 Å². The molecule has 0 saturated heterocycles. The summed E-state index contributed by atoms with van der Waals surface area (Å²) in [6.45, 7) is 0.404. The Morgan fingerprint density at radius 1 is 1.19 bits per heavy atom. The van der Waals surface area contributed by atoms with Crippen LogP contribution in [0.2, 0.25) is 0 Å². The zero-order chi connectivity index (χ0) is 14.8. The minimum atomic E-state index is -0.946. The number of carboxylic acid groups (broad SMARTS) is 1. The number of hydrogen-bond donors (Lipinski definition) is 2. The maximum atomic E-state index is 12.1. The largest absolute Gasteiger partial charge is 0.478 e. The highest BCUT2D eigenvalue weighted by Crippen LogP contribution is 2.30. The highest BCUT2D eigenvalue weighted by Gasteiger charge is 2.18. The first-order valence-corrected chi connectivity index (χ1v) is 7.67. The molecule has 0 atom stereocenters. The van der Waals surface area contributed by atoms with Crippen LogP contribution in [0.5, 0.6) is 0 Å². The molecule has 1 amide bonds. The van der Waals surface area contributed by atoms with Crippen molar-refractivity contribution < 1.29 is 14.7 Å². The molecule has 0 fully saturated rings. The van der Waals surface area contributed by atoms with Crippen LogP contribution in [0.4, 0.5) is 0 Å². The zero-order valence-corrected chi connectivity index (χ0v) is 12.2. The average molecular weight is 301 g/mol. The minimum absolute atomic E-state index is 0.0586. The molecular weight excluding hydrogens is 286 g/mol. The third kappa shape index (κ3) is 2.97. The Bertz CT molecular complexity index is 667. The van der Waals surface area contributed by atoms with Crippen molar-refractivity contribution >= 4 is 23.2 Å². The van der Waals surface area contributed by atoms with Crippen molar-refractivity contribution in [2.45, 2.75) is 25.8 Å². The van der Waals surface area contributed by atoms with Gasteiger partial charge in [0, 0.05) is 11.4 Å². The van der Waals surface area contributed by atoms with Gasteiger partial charge in [0.15, 0.2) is 0 Å². The molecule has 3 rings (SSSR count). The molecule has 5 heteroatoms. The number of carbonyl (C=O) groups excluding carboxylic acids is 1. The predicted molar refractivity (Wildman–Crippen MR) is 80.9 cm³/mol. The molecule has 0 spiro atoms. The van der Waals surface area contributed by atoms with E-state index in [2.05, 4.69) is 5.32 Å². The maximum absolute atomic E-state index is 12.1. The molecule has 0 unspecified atom stereocenters. The van der Waals surface area contributed by atoms with Crippen LogP contribution in [0, 0.1) is 0 Å². The number of rotatable bonds is 4. The summed E-state index contributed by atoms with van der Waals surface area (Å²) in [7, 11) is 0. The van der Waals surface area contributed by atoms with Crippen LogP contribution < -0.4 is 5.32 Å². The number of carbonyl (C=O) groups is 2. The standard InChI is InChI=1S/C16H15NO3S/c18-15(14-8-12-2-1-3-13(12)21-14)17-9-10-4-6-11(7-5-10)16(19)20/h4-8H,1-3,9H2,(H,17,18)(H,19,20). The Hall–Kier alpha value is -2.14. The van der Waals surface area contributed by atoms with E-state index in [4.69, 9.17) is 5.11 Å². The summed E-state index contributed by atoms with van der Waals surface area (Å²) < 4.78 is 0. The highest BCUT2D eigenvalue weighted by atomic mass is 32.1. The maximum Gasteiger partial charge on any atom is 0.335 e. The number of hydrogen-bond acceptors (Lipinski definition) is 3. The van der Waals surface area contributed by atoms with Crippen LogP contribution in [-0.4, -0.2) is 17.0 Å². The smallest absolute Gasteiger partial charge is 0.335 e. The topological polar surface area (TPSA) is 66.4 Å². The van der Waals surface area contributed by atoms with E-state index in [1.165, 1.54) is 16.9 Å². The number of aryl methyl sites for hydroxylation is 2. The lowest BCUT2D eigenvalue weighted by molar-refractivity contribution is 0.0696. The van der Waals surface area contributed by atoms with E-state index in [1.54, 1.807) is 35.6 Å². The summed E-state index contributed by atoms with van der Waals surface area (Å²) in [5, 5.41) is 11.7. The van der Waals surface area contributed by atoms with Gasteiger partial charge in [-0.2, -0.15) is 0 Å². The first-order valence-electron chi connectivity index (χ1n) is 6.85. The fourth-order valence-electron chi connectivity index (χ4n) is 2.48. The van der Waals surface area contributed by atoms with Gasteiger partial charge in [-0.15, -0.1) is 11.3 Å². The summed E-state index contributed by atoms with van der Waals surface area (Å²) >= 11 is 1.58. The second kappa shape index (κ2) is 5.69. The lowest BCUT2D eigenvalue weighted by atomic mass is 10.1. The highest BCUT2D eigenvalue weighted by molar-refractivity contribution is 7.14. The quantitative estimate of drug-likeness (QED) is 0.912. The van der Waals surface area contributed by atoms with Crippen molar-refractivity contribution in [3.05, 3.63) is 56.8 Å². The number of fused-ring (bicyclic) bond motifs is 1. The Morgan fingerprint density at radius 2 is 1.95 bits per heavy atom. The minimum Gasteiger partial charge on any atom is -0.478 e. The molecular formula is C16H15NO3S. The molecule has 1 aliphatic carbocycles. The summed E-state index contributed by atoms with van der Waals surface area (Å²) in [5.74, 6) is -1.00. The van der Waals surface area contributed by atoms with Gasteiger partial charge in [0.25, 0.3) is 5.91 Å². The third-order valence-corrected chi connectivity index (χ3v) is 4.86. The Morgan fingerprint density at radius 3 is 2.62 bits per heavy atom. The molecule has 1 aliphatic rings. The summed E-state index contributed by atoms with van der Waals surface area (Å²) in [6.07, 6.45) is 3.36. The molecule has 108 valence electrons. The Balaban J connectivity index is 1.61. The van der Waals surface area contributed by atoms with E-state index in [0.29, 0.717) is 6.54 Å². The lowest BCUT2D eigenvalue weighted by Gasteiger charge is -2.04. The molecule has 0 bridgehead atoms. The van der Waals surface area contributed by atoms with Crippen molar-refractivity contribution in [1.29, 1.82) is 0 Å². The predicted octanol–water partition coefficient (Wildman–Crippen LogP) is 2.87. The van der Waals surface area contributed by atoms with Gasteiger partial charge in [-0.05, 0) is 48.6 Å². The van der Waals surface area contributed by atoms with Crippen LogP contribution in [0.25, 0.3) is 0 Å². The van der Waals surface area contributed by atoms with E-state index in [9.17, 15) is 9.59 Å². The number of aromatic carboxylic acids is 1. The van der Waals surface area contributed by atoms with E-state index in [0.717, 1.165) is 23.3 Å². The molecule has 21 heavy (non-hydrogen) atoms. The molecule has 0 aliphatic heterocycles. The van der Waals surface area contributed by atoms with Gasteiger partial charge in [0.1, 0.15) is 0 Å². The monoisotopic (exact) mass is 301 g/mol. The normalized spacial score (nSPS) is 13.0. The number of carboxylic acids is 1. The van der Waals surface area contributed by atoms with E-state index in [-0.39, 0.29) is 11.5 Å². The molecule has 4 nitrogen and oxygen atoms in total. The van der Waals surface area contributed by atoms with Crippen molar-refractivity contribution in [3.8, 4) is 0 Å². The van der Waals surface area contributed by atoms with Gasteiger partial charge in [0.05, 0.1) is 10.4 Å². The summed E-state index contributed by atoms with van der Waals surface area (Å²) in [6, 6.07) is 8.53. The molecule has 1 heterocycles. The Labute approximate surface area is 126 Å². The first kappa shape index (κ1) is 13.8. The second-order valence-electron chi connectivity index (χ2n) is 5.10. The molecule has 2 aromatic rings. The van der Waals surface area contributed by atoms with E-state index >= 15 is 0 Å². The molecule has 1 aromatic heterocycles.